The van der Waals surface area contributed by atoms with Crippen LogP contribution in [0.5, 0.6) is 11.5 Å². The molecular formula is C23H26ClFN4O5. The largest absolute Gasteiger partial charge is 0.497 e. The Kier molecular flexibility index (Phi) is 6.97. The summed E-state index contributed by atoms with van der Waals surface area (Å²) >= 11 is 6.33. The summed E-state index contributed by atoms with van der Waals surface area (Å²) in [5, 5.41) is 14.5. The maximum absolute atomic E-state index is 15.5. The van der Waals surface area contributed by atoms with Crippen molar-refractivity contribution < 1.29 is 28.6 Å². The lowest BCUT2D eigenvalue weighted by Crippen LogP contribution is -2.48. The zero-order valence-electron chi connectivity index (χ0n) is 18.9. The number of ether oxygens (including phenoxy) is 2. The van der Waals surface area contributed by atoms with Crippen LogP contribution < -0.4 is 20.1 Å². The van der Waals surface area contributed by atoms with Crippen LogP contribution in [-0.4, -0.2) is 53.3 Å². The predicted molar refractivity (Wildman–Crippen MR) is 123 cm³/mol. The second-order valence-electron chi connectivity index (χ2n) is 8.35. The Labute approximate surface area is 201 Å². The van der Waals surface area contributed by atoms with Gasteiger partial charge < -0.3 is 30.1 Å². The van der Waals surface area contributed by atoms with E-state index in [1.54, 1.807) is 25.3 Å². The first-order valence-electron chi connectivity index (χ1n) is 11.0. The van der Waals surface area contributed by atoms with Gasteiger partial charge in [-0.2, -0.15) is 0 Å². The fourth-order valence-electron chi connectivity index (χ4n) is 4.59. The van der Waals surface area contributed by atoms with Gasteiger partial charge >= 0.3 is 6.09 Å². The van der Waals surface area contributed by atoms with Gasteiger partial charge in [0.15, 0.2) is 11.6 Å². The molecule has 0 spiro atoms. The van der Waals surface area contributed by atoms with Crippen LogP contribution in [0.15, 0.2) is 18.2 Å². The van der Waals surface area contributed by atoms with Crippen molar-refractivity contribution in [3.8, 4) is 11.5 Å². The summed E-state index contributed by atoms with van der Waals surface area (Å²) in [4.78, 5) is 29.8. The Hall–Kier alpha value is -3.27. The van der Waals surface area contributed by atoms with Crippen LogP contribution in [0.1, 0.15) is 47.2 Å². The number of hydrogen-bond donors (Lipinski definition) is 3. The number of fused-ring (bicyclic) bond motifs is 1. The van der Waals surface area contributed by atoms with Crippen LogP contribution in [0.2, 0.25) is 5.15 Å². The van der Waals surface area contributed by atoms with Crippen molar-refractivity contribution in [3.63, 3.8) is 0 Å². The number of aromatic nitrogens is 1. The van der Waals surface area contributed by atoms with E-state index in [9.17, 15) is 9.59 Å². The number of benzene rings is 1. The van der Waals surface area contributed by atoms with Crippen LogP contribution >= 0.6 is 11.6 Å². The standard InChI is InChI=1S/C23H26ClFN4O5/c1-33-13-8-7-12(17(9-13)34-2)10-29-11-14-18(22(29)30)20(24)28-21(19(14)25)26-15-5-3-4-6-16(15)27-23(31)32/h7-9,15-16,27H,3-6,10-11H2,1-2H3,(H,26,28)(H,31,32)/t15-,16+/m1/s1. The summed E-state index contributed by atoms with van der Waals surface area (Å²) < 4.78 is 26.1. The minimum atomic E-state index is -1.13. The Morgan fingerprint density at radius 3 is 2.68 bits per heavy atom. The van der Waals surface area contributed by atoms with Crippen molar-refractivity contribution in [1.29, 1.82) is 0 Å². The highest BCUT2D eigenvalue weighted by molar-refractivity contribution is 6.33. The number of halogens is 2. The fraction of sp³-hybridized carbons (Fsp3) is 0.435. The molecule has 34 heavy (non-hydrogen) atoms. The predicted octanol–water partition coefficient (Wildman–Crippen LogP) is 4.04. The lowest BCUT2D eigenvalue weighted by Gasteiger charge is -2.32. The van der Waals surface area contributed by atoms with Gasteiger partial charge in [0.05, 0.1) is 32.4 Å². The molecule has 0 bridgehead atoms. The van der Waals surface area contributed by atoms with E-state index in [4.69, 9.17) is 26.2 Å². The third-order valence-corrected chi connectivity index (χ3v) is 6.57. The van der Waals surface area contributed by atoms with Gasteiger partial charge in [-0.3, -0.25) is 4.79 Å². The number of amides is 2. The first-order valence-corrected chi connectivity index (χ1v) is 11.3. The molecule has 9 nitrogen and oxygen atoms in total. The van der Waals surface area contributed by atoms with Crippen molar-refractivity contribution in [2.75, 3.05) is 19.5 Å². The molecule has 0 saturated heterocycles. The molecule has 11 heteroatoms. The first kappa shape index (κ1) is 23.9. The molecule has 182 valence electrons. The van der Waals surface area contributed by atoms with Crippen LogP contribution in [0, 0.1) is 5.82 Å². The van der Waals surface area contributed by atoms with Gasteiger partial charge in [-0.05, 0) is 25.0 Å². The number of methoxy groups -OCH3 is 2. The lowest BCUT2D eigenvalue weighted by molar-refractivity contribution is 0.0765. The molecule has 1 fully saturated rings. The molecule has 2 aliphatic rings. The van der Waals surface area contributed by atoms with Crippen molar-refractivity contribution in [2.45, 2.75) is 50.9 Å². The molecule has 1 aromatic carbocycles. The number of hydrogen-bond acceptors (Lipinski definition) is 6. The van der Waals surface area contributed by atoms with Crippen LogP contribution in [0.25, 0.3) is 0 Å². The van der Waals surface area contributed by atoms with E-state index in [1.807, 2.05) is 0 Å². The zero-order valence-corrected chi connectivity index (χ0v) is 19.6. The first-order chi connectivity index (χ1) is 16.3. The van der Waals surface area contributed by atoms with Gasteiger partial charge in [-0.25, -0.2) is 14.2 Å². The number of nitrogens with zero attached hydrogens (tertiary/aromatic N) is 2. The van der Waals surface area contributed by atoms with Crippen molar-refractivity contribution in [1.82, 2.24) is 15.2 Å². The molecule has 4 rings (SSSR count). The third kappa shape index (κ3) is 4.68. The average Bonchev–Trinajstić information content (AvgIpc) is 3.15. The molecule has 0 unspecified atom stereocenters. The number of pyridine rings is 1. The van der Waals surface area contributed by atoms with Crippen molar-refractivity contribution in [2.24, 2.45) is 0 Å². The Morgan fingerprint density at radius 2 is 2.00 bits per heavy atom. The van der Waals surface area contributed by atoms with Crippen LogP contribution in [0.4, 0.5) is 15.0 Å². The fourth-order valence-corrected chi connectivity index (χ4v) is 4.87. The SMILES string of the molecule is COc1ccc(CN2Cc3c(F)c(N[C@@H]4CCCC[C@@H]4NC(=O)O)nc(Cl)c3C2=O)c(OC)c1. The molecule has 2 aromatic rings. The highest BCUT2D eigenvalue weighted by atomic mass is 35.5. The normalized spacial score (nSPS) is 19.5. The minimum absolute atomic E-state index is 0.0214. The molecule has 2 heterocycles. The molecule has 2 atom stereocenters. The van der Waals surface area contributed by atoms with E-state index in [1.165, 1.54) is 12.0 Å². The third-order valence-electron chi connectivity index (χ3n) is 6.29. The Morgan fingerprint density at radius 1 is 1.26 bits per heavy atom. The lowest BCUT2D eigenvalue weighted by atomic mass is 9.90. The Balaban J connectivity index is 1.57. The zero-order chi connectivity index (χ0) is 24.4. The molecule has 1 saturated carbocycles. The van der Waals surface area contributed by atoms with E-state index in [0.29, 0.717) is 24.3 Å². The highest BCUT2D eigenvalue weighted by Crippen LogP contribution is 2.36. The number of rotatable bonds is 7. The summed E-state index contributed by atoms with van der Waals surface area (Å²) in [6.07, 6.45) is 1.92. The van der Waals surface area contributed by atoms with E-state index in [-0.39, 0.29) is 47.3 Å². The van der Waals surface area contributed by atoms with Gasteiger partial charge in [-0.1, -0.05) is 24.4 Å². The number of carboxylic acid groups (broad SMARTS) is 1. The van der Waals surface area contributed by atoms with Gasteiger partial charge in [0, 0.05) is 29.8 Å². The maximum atomic E-state index is 15.5. The summed E-state index contributed by atoms with van der Waals surface area (Å²) in [7, 11) is 3.07. The number of nitrogens with one attached hydrogen (secondary N) is 2. The molecule has 0 radical (unpaired) electrons. The number of anilines is 1. The molecule has 3 N–H and O–H groups in total. The molecule has 1 aliphatic heterocycles. The Bertz CT molecular complexity index is 1120. The molecular weight excluding hydrogens is 467 g/mol. The number of carbonyl (C=O) groups is 2. The van der Waals surface area contributed by atoms with Gasteiger partial charge in [0.1, 0.15) is 16.7 Å². The van der Waals surface area contributed by atoms with E-state index in [0.717, 1.165) is 18.4 Å². The topological polar surface area (TPSA) is 113 Å². The maximum Gasteiger partial charge on any atom is 0.404 e. The monoisotopic (exact) mass is 492 g/mol. The quantitative estimate of drug-likeness (QED) is 0.500. The van der Waals surface area contributed by atoms with Crippen LogP contribution in [-0.2, 0) is 13.1 Å². The van der Waals surface area contributed by atoms with Crippen molar-refractivity contribution >= 4 is 29.4 Å². The van der Waals surface area contributed by atoms with Gasteiger partial charge in [0.2, 0.25) is 0 Å². The van der Waals surface area contributed by atoms with Gasteiger partial charge in [0.25, 0.3) is 5.91 Å². The highest BCUT2D eigenvalue weighted by Gasteiger charge is 2.36. The molecule has 1 aromatic heterocycles. The van der Waals surface area contributed by atoms with Crippen LogP contribution in [0.3, 0.4) is 0 Å². The molecule has 1 aliphatic carbocycles. The smallest absolute Gasteiger partial charge is 0.404 e. The van der Waals surface area contributed by atoms with Crippen molar-refractivity contribution in [3.05, 3.63) is 45.9 Å². The summed E-state index contributed by atoms with van der Waals surface area (Å²) in [5.74, 6) is 0.00786. The summed E-state index contributed by atoms with van der Waals surface area (Å²) in [6.45, 7) is 0.208. The second kappa shape index (κ2) is 9.92. The second-order valence-corrected chi connectivity index (χ2v) is 8.71. The number of carbonyl (C=O) groups excluding carboxylic acids is 1. The minimum Gasteiger partial charge on any atom is -0.497 e. The van der Waals surface area contributed by atoms with E-state index >= 15 is 4.39 Å². The summed E-state index contributed by atoms with van der Waals surface area (Å²) in [5.41, 5.74) is 0.941. The average molecular weight is 493 g/mol. The molecule has 2 amide bonds. The van der Waals surface area contributed by atoms with Gasteiger partial charge in [-0.15, -0.1) is 0 Å². The van der Waals surface area contributed by atoms with E-state index in [2.05, 4.69) is 15.6 Å². The van der Waals surface area contributed by atoms with E-state index < -0.39 is 17.8 Å². The summed E-state index contributed by atoms with van der Waals surface area (Å²) in [6, 6.07) is 4.55.